The number of hydrogen-bond acceptors (Lipinski definition) is 9. The molecule has 0 saturated carbocycles. The van der Waals surface area contributed by atoms with Crippen molar-refractivity contribution in [1.29, 1.82) is 0 Å². The zero-order valence-corrected chi connectivity index (χ0v) is 36.1. The minimum absolute atomic E-state index is 0.131. The Hall–Kier alpha value is -6.61. The molecular formula is C47H50N8O6S. The molecule has 2 unspecified atom stereocenters. The average molecular weight is 855 g/mol. The van der Waals surface area contributed by atoms with Gasteiger partial charge in [0, 0.05) is 24.4 Å². The number of methoxy groups -OCH3 is 2. The molecule has 4 atom stereocenters. The van der Waals surface area contributed by atoms with Crippen LogP contribution in [-0.4, -0.2) is 92.8 Å². The van der Waals surface area contributed by atoms with Crippen LogP contribution in [0.4, 0.5) is 9.59 Å². The molecule has 0 spiro atoms. The Bertz CT molecular complexity index is 2590. The number of nitrogens with zero attached hydrogens (tertiary/aromatic N) is 4. The molecule has 0 aliphatic carbocycles. The molecule has 15 heteroatoms. The number of benzene rings is 4. The number of thioether (sulfide) groups is 1. The van der Waals surface area contributed by atoms with Crippen molar-refractivity contribution in [3.8, 4) is 33.6 Å². The summed E-state index contributed by atoms with van der Waals surface area (Å²) in [5.41, 5.74) is 6.46. The van der Waals surface area contributed by atoms with Crippen LogP contribution in [0.3, 0.4) is 0 Å². The Morgan fingerprint density at radius 2 is 1.39 bits per heavy atom. The molecule has 62 heavy (non-hydrogen) atoms. The summed E-state index contributed by atoms with van der Waals surface area (Å²) >= 11 is 1.64. The van der Waals surface area contributed by atoms with Gasteiger partial charge in [-0.05, 0) is 70.8 Å². The fourth-order valence-electron chi connectivity index (χ4n) is 8.39. The number of fused-ring (bicyclic) bond motifs is 1. The van der Waals surface area contributed by atoms with Gasteiger partial charge in [0.2, 0.25) is 5.91 Å². The first-order valence-electron chi connectivity index (χ1n) is 20.7. The number of nitrogens with one attached hydrogen (secondary N) is 4. The van der Waals surface area contributed by atoms with Crippen molar-refractivity contribution < 1.29 is 28.7 Å². The number of hydrogen-bond donors (Lipinski definition) is 4. The van der Waals surface area contributed by atoms with Gasteiger partial charge in [-0.1, -0.05) is 92.7 Å². The molecule has 2 aliphatic rings. The second-order valence-corrected chi connectivity index (χ2v) is 17.5. The molecule has 4 heterocycles. The van der Waals surface area contributed by atoms with Gasteiger partial charge in [0.1, 0.15) is 28.6 Å². The summed E-state index contributed by atoms with van der Waals surface area (Å²) < 4.78 is 9.63. The van der Waals surface area contributed by atoms with Crippen molar-refractivity contribution in [2.75, 3.05) is 33.1 Å². The minimum atomic E-state index is -0.883. The van der Waals surface area contributed by atoms with Crippen molar-refractivity contribution in [3.63, 3.8) is 0 Å². The van der Waals surface area contributed by atoms with E-state index in [9.17, 15) is 19.2 Å². The van der Waals surface area contributed by atoms with E-state index in [2.05, 4.69) is 81.3 Å². The maximum atomic E-state index is 14.0. The van der Waals surface area contributed by atoms with E-state index in [4.69, 9.17) is 19.4 Å². The lowest BCUT2D eigenvalue weighted by atomic mass is 9.98. The van der Waals surface area contributed by atoms with Crippen molar-refractivity contribution in [1.82, 2.24) is 40.4 Å². The van der Waals surface area contributed by atoms with E-state index in [0.717, 1.165) is 63.0 Å². The Morgan fingerprint density at radius 3 is 2.10 bits per heavy atom. The molecule has 320 valence electrons. The molecular weight excluding hydrogens is 805 g/mol. The van der Waals surface area contributed by atoms with Crippen LogP contribution in [0.5, 0.6) is 0 Å². The zero-order chi connectivity index (χ0) is 43.5. The maximum absolute atomic E-state index is 14.0. The molecule has 14 nitrogen and oxygen atoms in total. The van der Waals surface area contributed by atoms with Crippen molar-refractivity contribution in [3.05, 3.63) is 121 Å². The second kappa shape index (κ2) is 17.8. The molecule has 2 aliphatic heterocycles. The van der Waals surface area contributed by atoms with Crippen LogP contribution in [-0.2, 0) is 23.9 Å². The number of amides is 4. The molecule has 6 aromatic rings. The summed E-state index contributed by atoms with van der Waals surface area (Å²) in [6.45, 7) is 6.87. The summed E-state index contributed by atoms with van der Waals surface area (Å²) in [6.07, 6.45) is 3.87. The van der Waals surface area contributed by atoms with Crippen LogP contribution in [0.2, 0.25) is 0 Å². The summed E-state index contributed by atoms with van der Waals surface area (Å²) in [5.74, 6) is 1.60. The first kappa shape index (κ1) is 42.1. The fraction of sp³-hybridized carbons (Fsp3) is 0.319. The van der Waals surface area contributed by atoms with Crippen LogP contribution in [0.25, 0.3) is 44.4 Å². The first-order valence-corrected chi connectivity index (χ1v) is 21.7. The fourth-order valence-corrected chi connectivity index (χ4v) is 9.64. The van der Waals surface area contributed by atoms with E-state index in [1.54, 1.807) is 27.8 Å². The summed E-state index contributed by atoms with van der Waals surface area (Å²) in [7, 11) is 2.57. The number of alkyl carbamates (subject to hydrolysis) is 2. The van der Waals surface area contributed by atoms with Crippen LogP contribution < -0.4 is 10.6 Å². The highest BCUT2D eigenvalue weighted by atomic mass is 32.2. The van der Waals surface area contributed by atoms with Gasteiger partial charge in [-0.15, -0.1) is 11.8 Å². The predicted octanol–water partition coefficient (Wildman–Crippen LogP) is 8.18. The van der Waals surface area contributed by atoms with Gasteiger partial charge in [-0.2, -0.15) is 0 Å². The Balaban J connectivity index is 0.954. The highest BCUT2D eigenvalue weighted by Gasteiger charge is 2.47. The number of ether oxygens (including phenoxy) is 2. The Labute approximate surface area is 364 Å². The maximum Gasteiger partial charge on any atom is 0.407 e. The number of carbonyl (C=O) groups is 4. The standard InChI is InChI=1S/C47H50N8O6S/c1-28(2)39(52-45(58)60-4)43(57)55-22-23-62-47(55,3)44-49-27-36(51-44)30-15-13-29(14-16-30)32-17-18-34-25-35(20-19-33(34)24-32)37-26-48-41(50-37)38-12-9-21-54(38)42(56)40(53-46(59)61-5)31-10-7-6-8-11-31/h6-8,10-11,13-20,24-28,38-40H,9,12,21-23H2,1-5H3,(H,48,50)(H,49,51)(H,52,58)(H,53,59)/t38-,39?,40+,47?/m0/s1. The summed E-state index contributed by atoms with van der Waals surface area (Å²) in [5, 5.41) is 7.60. The molecule has 2 saturated heterocycles. The van der Waals surface area contributed by atoms with Gasteiger partial charge in [-0.3, -0.25) is 9.59 Å². The molecule has 0 bridgehead atoms. The molecule has 2 aromatic heterocycles. The number of H-pyrrole nitrogens is 2. The van der Waals surface area contributed by atoms with Gasteiger partial charge in [0.05, 0.1) is 44.0 Å². The predicted molar refractivity (Wildman–Crippen MR) is 239 cm³/mol. The minimum Gasteiger partial charge on any atom is -0.453 e. The van der Waals surface area contributed by atoms with Crippen molar-refractivity contribution in [2.24, 2.45) is 5.92 Å². The number of carbonyl (C=O) groups excluding carboxylic acids is 4. The van der Waals surface area contributed by atoms with Crippen LogP contribution >= 0.6 is 11.8 Å². The summed E-state index contributed by atoms with van der Waals surface area (Å²) in [6, 6.07) is 28.4. The number of aromatic nitrogens is 4. The van der Waals surface area contributed by atoms with Crippen molar-refractivity contribution >= 4 is 46.5 Å². The quantitative estimate of drug-likeness (QED) is 0.100. The highest BCUT2D eigenvalue weighted by molar-refractivity contribution is 8.00. The molecule has 4 aromatic carbocycles. The Morgan fingerprint density at radius 1 is 0.758 bits per heavy atom. The topological polar surface area (TPSA) is 175 Å². The smallest absolute Gasteiger partial charge is 0.407 e. The van der Waals surface area contributed by atoms with Crippen LogP contribution in [0.15, 0.2) is 103 Å². The van der Waals surface area contributed by atoms with Gasteiger partial charge in [0.15, 0.2) is 0 Å². The molecule has 0 radical (unpaired) electrons. The average Bonchev–Trinajstić information content (AvgIpc) is 4.14. The molecule has 4 N–H and O–H groups in total. The second-order valence-electron chi connectivity index (χ2n) is 16.0. The van der Waals surface area contributed by atoms with E-state index in [1.807, 2.05) is 57.3 Å². The number of rotatable bonds is 11. The third kappa shape index (κ3) is 8.36. The summed E-state index contributed by atoms with van der Waals surface area (Å²) in [4.78, 5) is 71.3. The normalized spacial score (nSPS) is 18.5. The van der Waals surface area contributed by atoms with Gasteiger partial charge < -0.3 is 39.9 Å². The number of aromatic amines is 2. The lowest BCUT2D eigenvalue weighted by Crippen LogP contribution is -2.54. The first-order chi connectivity index (χ1) is 30.0. The van der Waals surface area contributed by atoms with Gasteiger partial charge in [0.25, 0.3) is 5.91 Å². The highest BCUT2D eigenvalue weighted by Crippen LogP contribution is 2.44. The van der Waals surface area contributed by atoms with E-state index in [0.29, 0.717) is 30.3 Å². The number of imidazole rings is 2. The van der Waals surface area contributed by atoms with E-state index in [-0.39, 0.29) is 23.8 Å². The van der Waals surface area contributed by atoms with Crippen LogP contribution in [0, 0.1) is 5.92 Å². The molecule has 4 amide bonds. The SMILES string of the molecule is COC(=O)NC(C(=O)N1CCSC1(C)c1ncc(-c2ccc(-c3ccc4cc(-c5cnc([C@@H]6CCCN6C(=O)[C@H](NC(=O)OC)c6ccccc6)[nH]5)ccc4c3)cc2)[nH]1)C(C)C. The number of likely N-dealkylation sites (tertiary alicyclic amines) is 1. The van der Waals surface area contributed by atoms with E-state index < -0.39 is 29.1 Å². The Kier molecular flexibility index (Phi) is 12.1. The largest absolute Gasteiger partial charge is 0.453 e. The van der Waals surface area contributed by atoms with Gasteiger partial charge in [-0.25, -0.2) is 19.6 Å². The third-order valence-electron chi connectivity index (χ3n) is 11.8. The van der Waals surface area contributed by atoms with E-state index >= 15 is 0 Å². The monoisotopic (exact) mass is 854 g/mol. The third-order valence-corrected chi connectivity index (χ3v) is 13.2. The molecule has 2 fully saturated rings. The lowest BCUT2D eigenvalue weighted by Gasteiger charge is -2.36. The van der Waals surface area contributed by atoms with Gasteiger partial charge >= 0.3 is 12.2 Å². The lowest BCUT2D eigenvalue weighted by molar-refractivity contribution is -0.137. The molecule has 8 rings (SSSR count). The van der Waals surface area contributed by atoms with Crippen molar-refractivity contribution in [2.45, 2.75) is 56.6 Å². The zero-order valence-electron chi connectivity index (χ0n) is 35.3. The van der Waals surface area contributed by atoms with E-state index in [1.165, 1.54) is 14.2 Å². The van der Waals surface area contributed by atoms with Crippen LogP contribution in [0.1, 0.15) is 62.9 Å².